The number of carbonyl (C=O) groups excluding carboxylic acids is 1. The lowest BCUT2D eigenvalue weighted by atomic mass is 9.98. The molecule has 0 bridgehead atoms. The van der Waals surface area contributed by atoms with Crippen LogP contribution in [0.3, 0.4) is 0 Å². The fourth-order valence-corrected chi connectivity index (χ4v) is 1.75. The second-order valence-corrected chi connectivity index (χ2v) is 6.74. The van der Waals surface area contributed by atoms with Gasteiger partial charge >= 0.3 is 19.8 Å². The molecule has 8 nitrogen and oxygen atoms in total. The minimum atomic E-state index is -4.49. The number of esters is 1. The van der Waals surface area contributed by atoms with Crippen LogP contribution in [0.2, 0.25) is 0 Å². The van der Waals surface area contributed by atoms with Gasteiger partial charge in [0.15, 0.2) is 0 Å². The first-order chi connectivity index (χ1) is 8.87. The molecule has 0 heterocycles. The van der Waals surface area contributed by atoms with Crippen LogP contribution in [0.15, 0.2) is 0 Å². The zero-order valence-corrected chi connectivity index (χ0v) is 13.0. The van der Waals surface area contributed by atoms with Gasteiger partial charge in [-0.2, -0.15) is 0 Å². The molecular weight excluding hydrogens is 291 g/mol. The van der Waals surface area contributed by atoms with Gasteiger partial charge in [0.05, 0.1) is 17.4 Å². The van der Waals surface area contributed by atoms with E-state index in [9.17, 15) is 19.0 Å². The Balaban J connectivity index is 4.31. The molecule has 0 spiro atoms. The summed E-state index contributed by atoms with van der Waals surface area (Å²) in [6, 6.07) is 0. The predicted octanol–water partition coefficient (Wildman–Crippen LogP) is 1.78. The number of ether oxygens (including phenoxy) is 1. The molecule has 118 valence electrons. The first-order valence-electron chi connectivity index (χ1n) is 5.92. The predicted molar refractivity (Wildman–Crippen MR) is 68.7 cm³/mol. The zero-order chi connectivity index (χ0) is 16.1. The summed E-state index contributed by atoms with van der Waals surface area (Å²) < 4.78 is 25.2. The maximum absolute atomic E-state index is 11.5. The molecular formula is C11H21O8P. The Hall–Kier alpha value is -0.950. The molecule has 0 aromatic rings. The third-order valence-corrected chi connectivity index (χ3v) is 3.44. The summed E-state index contributed by atoms with van der Waals surface area (Å²) in [5.74, 6) is -2.77. The molecule has 0 radical (unpaired) electrons. The van der Waals surface area contributed by atoms with Crippen molar-refractivity contribution in [2.24, 2.45) is 11.3 Å². The lowest BCUT2D eigenvalue weighted by molar-refractivity contribution is -0.160. The van der Waals surface area contributed by atoms with E-state index in [-0.39, 0.29) is 0 Å². The Bertz CT molecular complexity index is 400. The third-order valence-electron chi connectivity index (χ3n) is 2.41. The minimum Gasteiger partial charge on any atom is -0.481 e. The number of hydrogen-bond donors (Lipinski definition) is 2. The Morgan fingerprint density at radius 2 is 1.75 bits per heavy atom. The second kappa shape index (κ2) is 7.17. The molecule has 9 heteroatoms. The minimum absolute atomic E-state index is 0.607. The Morgan fingerprint density at radius 3 is 2.15 bits per heavy atom. The molecule has 2 N–H and O–H groups in total. The highest BCUT2D eigenvalue weighted by Gasteiger charge is 2.31. The van der Waals surface area contributed by atoms with E-state index in [0.29, 0.717) is 0 Å². The van der Waals surface area contributed by atoms with Crippen molar-refractivity contribution in [1.29, 1.82) is 0 Å². The number of carboxylic acid groups (broad SMARTS) is 1. The van der Waals surface area contributed by atoms with Crippen molar-refractivity contribution in [2.45, 2.75) is 40.7 Å². The van der Waals surface area contributed by atoms with Crippen molar-refractivity contribution < 1.29 is 37.9 Å². The molecule has 0 aromatic carbocycles. The number of carbonyl (C=O) groups is 2. The van der Waals surface area contributed by atoms with Crippen LogP contribution in [-0.4, -0.2) is 34.8 Å². The molecule has 0 saturated carbocycles. The molecule has 0 aromatic heterocycles. The highest BCUT2D eigenvalue weighted by Crippen LogP contribution is 2.45. The van der Waals surface area contributed by atoms with Crippen LogP contribution in [0.25, 0.3) is 0 Å². The van der Waals surface area contributed by atoms with Gasteiger partial charge in [0.1, 0.15) is 0 Å². The van der Waals surface area contributed by atoms with E-state index < -0.39 is 44.0 Å². The van der Waals surface area contributed by atoms with Gasteiger partial charge in [-0.15, -0.1) is 0 Å². The van der Waals surface area contributed by atoms with Gasteiger partial charge in [-0.3, -0.25) is 14.1 Å². The summed E-state index contributed by atoms with van der Waals surface area (Å²) in [6.07, 6.45) is -1.04. The first-order valence-corrected chi connectivity index (χ1v) is 7.42. The summed E-state index contributed by atoms with van der Waals surface area (Å²) >= 11 is 0. The van der Waals surface area contributed by atoms with E-state index in [1.165, 1.54) is 13.8 Å². The fraction of sp³-hybridized carbons (Fsp3) is 0.818. The molecule has 0 aliphatic rings. The van der Waals surface area contributed by atoms with Crippen molar-refractivity contribution in [1.82, 2.24) is 0 Å². The van der Waals surface area contributed by atoms with Crippen LogP contribution in [0.1, 0.15) is 34.6 Å². The van der Waals surface area contributed by atoms with E-state index in [1.54, 1.807) is 20.8 Å². The highest BCUT2D eigenvalue weighted by atomic mass is 31.2. The molecule has 20 heavy (non-hydrogen) atoms. The van der Waals surface area contributed by atoms with Crippen LogP contribution in [0, 0.1) is 11.3 Å². The summed E-state index contributed by atoms with van der Waals surface area (Å²) in [5, 5.41) is 8.73. The topological polar surface area (TPSA) is 119 Å². The van der Waals surface area contributed by atoms with Crippen LogP contribution in [-0.2, 0) is 27.9 Å². The van der Waals surface area contributed by atoms with Crippen molar-refractivity contribution in [3.05, 3.63) is 0 Å². The SMILES string of the molecule is C[C@H](C(=O)O)[C@@H](C)OP(=O)(O)OCOC(=O)C(C)(C)C. The van der Waals surface area contributed by atoms with Crippen molar-refractivity contribution in [2.75, 3.05) is 6.79 Å². The van der Waals surface area contributed by atoms with E-state index in [1.807, 2.05) is 0 Å². The van der Waals surface area contributed by atoms with Crippen LogP contribution >= 0.6 is 7.82 Å². The third kappa shape index (κ3) is 7.00. The molecule has 3 atom stereocenters. The summed E-state index contributed by atoms with van der Waals surface area (Å²) in [4.78, 5) is 31.4. The Labute approximate surface area is 117 Å². The van der Waals surface area contributed by atoms with E-state index >= 15 is 0 Å². The molecule has 0 fully saturated rings. The van der Waals surface area contributed by atoms with E-state index in [0.717, 1.165) is 0 Å². The van der Waals surface area contributed by atoms with Crippen LogP contribution in [0.4, 0.5) is 0 Å². The van der Waals surface area contributed by atoms with Gasteiger partial charge in [-0.05, 0) is 34.6 Å². The smallest absolute Gasteiger partial charge is 0.475 e. The van der Waals surface area contributed by atoms with E-state index in [2.05, 4.69) is 13.8 Å². The van der Waals surface area contributed by atoms with Crippen molar-refractivity contribution in [3.63, 3.8) is 0 Å². The molecule has 0 aliphatic carbocycles. The first kappa shape index (κ1) is 19.1. The quantitative estimate of drug-likeness (QED) is 0.414. The normalized spacial score (nSPS) is 17.9. The maximum atomic E-state index is 11.5. The molecule has 0 rings (SSSR count). The van der Waals surface area contributed by atoms with E-state index in [4.69, 9.17) is 5.11 Å². The van der Waals surface area contributed by atoms with Gasteiger partial charge < -0.3 is 14.7 Å². The average Bonchev–Trinajstić information content (AvgIpc) is 2.25. The number of phosphoric acid groups is 1. The summed E-state index contributed by atoms with van der Waals surface area (Å²) in [5.41, 5.74) is -0.769. The van der Waals surface area contributed by atoms with Crippen molar-refractivity contribution >= 4 is 19.8 Å². The molecule has 0 aliphatic heterocycles. The Morgan fingerprint density at radius 1 is 1.25 bits per heavy atom. The Kier molecular flexibility index (Phi) is 6.83. The average molecular weight is 312 g/mol. The van der Waals surface area contributed by atoms with Gasteiger partial charge in [0.25, 0.3) is 0 Å². The monoisotopic (exact) mass is 312 g/mol. The molecule has 0 amide bonds. The van der Waals surface area contributed by atoms with Gasteiger partial charge in [0, 0.05) is 0 Å². The van der Waals surface area contributed by atoms with Crippen LogP contribution < -0.4 is 0 Å². The largest absolute Gasteiger partial charge is 0.481 e. The lowest BCUT2D eigenvalue weighted by Gasteiger charge is -2.21. The maximum Gasteiger partial charge on any atom is 0.475 e. The zero-order valence-electron chi connectivity index (χ0n) is 12.2. The standard InChI is InChI=1S/C11H21O8P/c1-7(9(12)13)8(2)19-20(15,16)18-6-17-10(14)11(3,4)5/h7-8H,6H2,1-5H3,(H,12,13)(H,15,16)/t7-,8+/m0/s1. The lowest BCUT2D eigenvalue weighted by Crippen LogP contribution is -2.26. The number of carboxylic acids is 1. The summed E-state index contributed by atoms with van der Waals surface area (Å²) in [7, 11) is -4.49. The molecule has 1 unspecified atom stereocenters. The van der Waals surface area contributed by atoms with Crippen molar-refractivity contribution in [3.8, 4) is 0 Å². The second-order valence-electron chi connectivity index (χ2n) is 5.33. The van der Waals surface area contributed by atoms with Gasteiger partial charge in [0.2, 0.25) is 6.79 Å². The van der Waals surface area contributed by atoms with Crippen LogP contribution in [0.5, 0.6) is 0 Å². The number of phosphoric ester groups is 1. The van der Waals surface area contributed by atoms with Gasteiger partial charge in [-0.25, -0.2) is 9.09 Å². The molecule has 0 saturated heterocycles. The number of rotatable bonds is 7. The highest BCUT2D eigenvalue weighted by molar-refractivity contribution is 7.47. The number of aliphatic carboxylic acids is 1. The fourth-order valence-electron chi connectivity index (χ4n) is 0.896. The number of hydrogen-bond acceptors (Lipinski definition) is 6. The van der Waals surface area contributed by atoms with Gasteiger partial charge in [-0.1, -0.05) is 0 Å². The summed E-state index contributed by atoms with van der Waals surface area (Å²) in [6.45, 7) is 6.74.